The fourth-order valence-electron chi connectivity index (χ4n) is 2.25. The van der Waals surface area contributed by atoms with Crippen molar-refractivity contribution in [2.24, 2.45) is 0 Å². The highest BCUT2D eigenvalue weighted by Crippen LogP contribution is 2.31. The number of nitrogens with zero attached hydrogens (tertiary/aromatic N) is 1. The van der Waals surface area contributed by atoms with Gasteiger partial charge in [-0.15, -0.1) is 11.3 Å². The van der Waals surface area contributed by atoms with Crippen molar-refractivity contribution in [1.82, 2.24) is 4.98 Å². The van der Waals surface area contributed by atoms with Crippen molar-refractivity contribution in [3.05, 3.63) is 33.8 Å². The first-order valence-corrected chi connectivity index (χ1v) is 7.31. The second kappa shape index (κ2) is 5.13. The Labute approximate surface area is 121 Å². The maximum absolute atomic E-state index is 11.4. The van der Waals surface area contributed by atoms with Gasteiger partial charge >= 0.3 is 0 Å². The van der Waals surface area contributed by atoms with Crippen LogP contribution in [0.3, 0.4) is 0 Å². The predicted molar refractivity (Wildman–Crippen MR) is 82.0 cm³/mol. The number of carbonyl (C=O) groups is 1. The van der Waals surface area contributed by atoms with Crippen LogP contribution < -0.4 is 16.4 Å². The number of carbonyl (C=O) groups excluding carboxylic acids is 1. The minimum Gasteiger partial charge on any atom is -0.397 e. The summed E-state index contributed by atoms with van der Waals surface area (Å²) < 4.78 is 0. The van der Waals surface area contributed by atoms with Crippen molar-refractivity contribution in [2.75, 3.05) is 16.4 Å². The lowest BCUT2D eigenvalue weighted by Crippen LogP contribution is -2.19. The number of thiazole rings is 1. The molecule has 0 fully saturated rings. The number of fused-ring (bicyclic) bond motifs is 1. The van der Waals surface area contributed by atoms with Crippen molar-refractivity contribution in [3.8, 4) is 0 Å². The van der Waals surface area contributed by atoms with E-state index in [1.165, 1.54) is 4.88 Å². The molecular weight excluding hydrogens is 272 g/mol. The standard InChI is InChI=1S/C14H16N4OS/c1-8-6-17-14(20-8)7-16-12-4-9-2-3-13(19)18-11(9)5-10(12)15/h4-6,16H,2-3,7,15H2,1H3,(H,18,19). The van der Waals surface area contributed by atoms with Gasteiger partial charge in [0, 0.05) is 23.2 Å². The van der Waals surface area contributed by atoms with Crippen LogP contribution in [0.1, 0.15) is 21.9 Å². The Morgan fingerprint density at radius 2 is 2.30 bits per heavy atom. The summed E-state index contributed by atoms with van der Waals surface area (Å²) in [5.74, 6) is 0.0517. The van der Waals surface area contributed by atoms with Gasteiger partial charge in [-0.25, -0.2) is 4.98 Å². The number of nitrogen functional groups attached to an aromatic ring is 1. The highest BCUT2D eigenvalue weighted by atomic mass is 32.1. The Hall–Kier alpha value is -2.08. The molecule has 0 spiro atoms. The Bertz CT molecular complexity index is 665. The third-order valence-corrected chi connectivity index (χ3v) is 4.18. The van der Waals surface area contributed by atoms with Crippen LogP contribution in [0.4, 0.5) is 17.1 Å². The molecule has 104 valence electrons. The third kappa shape index (κ3) is 2.60. The zero-order valence-corrected chi connectivity index (χ0v) is 12.0. The zero-order chi connectivity index (χ0) is 14.1. The number of nitrogens with one attached hydrogen (secondary N) is 2. The lowest BCUT2D eigenvalue weighted by Gasteiger charge is -2.19. The number of benzene rings is 1. The molecule has 1 aromatic carbocycles. The monoisotopic (exact) mass is 288 g/mol. The third-order valence-electron chi connectivity index (χ3n) is 3.27. The lowest BCUT2D eigenvalue weighted by atomic mass is 10.0. The largest absolute Gasteiger partial charge is 0.397 e. The van der Waals surface area contributed by atoms with Gasteiger partial charge in [-0.1, -0.05) is 0 Å². The van der Waals surface area contributed by atoms with Crippen molar-refractivity contribution in [1.29, 1.82) is 0 Å². The van der Waals surface area contributed by atoms with Gasteiger partial charge in [-0.05, 0) is 31.0 Å². The van der Waals surface area contributed by atoms with E-state index < -0.39 is 0 Å². The molecule has 0 atom stereocenters. The van der Waals surface area contributed by atoms with Crippen LogP contribution in [-0.4, -0.2) is 10.9 Å². The second-order valence-corrected chi connectivity index (χ2v) is 6.18. The lowest BCUT2D eigenvalue weighted by molar-refractivity contribution is -0.116. The van der Waals surface area contributed by atoms with Crippen LogP contribution in [0, 0.1) is 6.92 Å². The molecule has 0 bridgehead atoms. The molecule has 1 amide bonds. The van der Waals surface area contributed by atoms with E-state index in [0.717, 1.165) is 28.4 Å². The van der Waals surface area contributed by atoms with E-state index in [2.05, 4.69) is 15.6 Å². The smallest absolute Gasteiger partial charge is 0.224 e. The van der Waals surface area contributed by atoms with Gasteiger partial charge in [0.05, 0.1) is 17.9 Å². The first-order valence-electron chi connectivity index (χ1n) is 6.49. The number of anilines is 3. The molecule has 1 aromatic heterocycles. The molecule has 4 N–H and O–H groups in total. The number of amides is 1. The van der Waals surface area contributed by atoms with Crippen molar-refractivity contribution in [2.45, 2.75) is 26.3 Å². The molecule has 1 aliphatic heterocycles. The molecule has 1 aliphatic rings. The van der Waals surface area contributed by atoms with Crippen LogP contribution in [0.15, 0.2) is 18.3 Å². The van der Waals surface area contributed by atoms with Crippen LogP contribution in [0.25, 0.3) is 0 Å². The number of nitrogens with two attached hydrogens (primary N) is 1. The summed E-state index contributed by atoms with van der Waals surface area (Å²) in [6, 6.07) is 3.84. The molecule has 0 saturated heterocycles. The molecule has 3 rings (SSSR count). The van der Waals surface area contributed by atoms with Gasteiger partial charge in [-0.2, -0.15) is 0 Å². The Morgan fingerprint density at radius 1 is 1.45 bits per heavy atom. The Balaban J connectivity index is 1.78. The molecule has 0 aliphatic carbocycles. The van der Waals surface area contributed by atoms with Crippen LogP contribution in [0.2, 0.25) is 0 Å². The molecular formula is C14H16N4OS. The van der Waals surface area contributed by atoms with E-state index in [1.807, 2.05) is 25.3 Å². The van der Waals surface area contributed by atoms with Gasteiger partial charge in [-0.3, -0.25) is 4.79 Å². The molecule has 2 aromatic rings. The summed E-state index contributed by atoms with van der Waals surface area (Å²) >= 11 is 1.67. The normalized spacial score (nSPS) is 13.8. The molecule has 0 radical (unpaired) electrons. The number of hydrogen-bond donors (Lipinski definition) is 3. The Morgan fingerprint density at radius 3 is 3.05 bits per heavy atom. The molecule has 2 heterocycles. The van der Waals surface area contributed by atoms with Gasteiger partial charge < -0.3 is 16.4 Å². The maximum atomic E-state index is 11.4. The van der Waals surface area contributed by atoms with Crippen molar-refractivity contribution >= 4 is 34.3 Å². The zero-order valence-electron chi connectivity index (χ0n) is 11.2. The highest BCUT2D eigenvalue weighted by Gasteiger charge is 2.16. The Kier molecular flexibility index (Phi) is 3.31. The van der Waals surface area contributed by atoms with Gasteiger partial charge in [0.15, 0.2) is 0 Å². The van der Waals surface area contributed by atoms with E-state index in [9.17, 15) is 4.79 Å². The summed E-state index contributed by atoms with van der Waals surface area (Å²) in [6.07, 6.45) is 3.15. The maximum Gasteiger partial charge on any atom is 0.224 e. The fraction of sp³-hybridized carbons (Fsp3) is 0.286. The van der Waals surface area contributed by atoms with Crippen molar-refractivity contribution < 1.29 is 4.79 Å². The number of aryl methyl sites for hydroxylation is 2. The fourth-order valence-corrected chi connectivity index (χ4v) is 2.98. The van der Waals surface area contributed by atoms with Crippen LogP contribution in [0.5, 0.6) is 0 Å². The summed E-state index contributed by atoms with van der Waals surface area (Å²) in [5.41, 5.74) is 9.51. The highest BCUT2D eigenvalue weighted by molar-refractivity contribution is 7.11. The summed E-state index contributed by atoms with van der Waals surface area (Å²) in [4.78, 5) is 16.9. The van der Waals surface area contributed by atoms with Crippen LogP contribution in [-0.2, 0) is 17.8 Å². The first-order chi connectivity index (χ1) is 9.61. The average molecular weight is 288 g/mol. The topological polar surface area (TPSA) is 80.0 Å². The van der Waals surface area contributed by atoms with E-state index in [4.69, 9.17) is 5.73 Å². The summed E-state index contributed by atoms with van der Waals surface area (Å²) in [5, 5.41) is 7.20. The molecule has 20 heavy (non-hydrogen) atoms. The van der Waals surface area contributed by atoms with E-state index in [1.54, 1.807) is 11.3 Å². The van der Waals surface area contributed by atoms with E-state index in [-0.39, 0.29) is 5.91 Å². The minimum absolute atomic E-state index is 0.0517. The molecule has 0 unspecified atom stereocenters. The number of rotatable bonds is 3. The first kappa shape index (κ1) is 12.9. The van der Waals surface area contributed by atoms with Gasteiger partial charge in [0.2, 0.25) is 5.91 Å². The van der Waals surface area contributed by atoms with E-state index >= 15 is 0 Å². The van der Waals surface area contributed by atoms with Gasteiger partial charge in [0.1, 0.15) is 5.01 Å². The summed E-state index contributed by atoms with van der Waals surface area (Å²) in [6.45, 7) is 2.70. The summed E-state index contributed by atoms with van der Waals surface area (Å²) in [7, 11) is 0. The van der Waals surface area contributed by atoms with E-state index in [0.29, 0.717) is 18.7 Å². The molecule has 6 heteroatoms. The van der Waals surface area contributed by atoms with Gasteiger partial charge in [0.25, 0.3) is 0 Å². The van der Waals surface area contributed by atoms with Crippen molar-refractivity contribution in [3.63, 3.8) is 0 Å². The SMILES string of the molecule is Cc1cnc(CNc2cc3c(cc2N)NC(=O)CC3)s1. The predicted octanol–water partition coefficient (Wildman–Crippen LogP) is 2.53. The number of hydrogen-bond acceptors (Lipinski definition) is 5. The molecule has 5 nitrogen and oxygen atoms in total. The van der Waals surface area contributed by atoms with Crippen LogP contribution >= 0.6 is 11.3 Å². The minimum atomic E-state index is 0.0517. The number of aromatic nitrogens is 1. The average Bonchev–Trinajstić information content (AvgIpc) is 2.82. The quantitative estimate of drug-likeness (QED) is 0.758. The second-order valence-electron chi connectivity index (χ2n) is 4.86. The molecule has 0 saturated carbocycles.